The van der Waals surface area contributed by atoms with Gasteiger partial charge in [-0.2, -0.15) is 13.5 Å². The fraction of sp³-hybridized carbons (Fsp3) is 0.878. The molecule has 0 saturated heterocycles. The van der Waals surface area contributed by atoms with Crippen molar-refractivity contribution >= 4 is 25.4 Å². The molecule has 6 fully saturated rings. The van der Waals surface area contributed by atoms with Crippen LogP contribution >= 0.6 is 13.5 Å². The lowest BCUT2D eigenvalue weighted by Crippen LogP contribution is -2.50. The van der Waals surface area contributed by atoms with Crippen LogP contribution in [0.25, 0.3) is 0 Å². The highest BCUT2D eigenvalue weighted by Crippen LogP contribution is 2.69. The van der Waals surface area contributed by atoms with Gasteiger partial charge in [0.05, 0.1) is 6.10 Å². The van der Waals surface area contributed by atoms with Gasteiger partial charge >= 0.3 is 11.9 Å². The molecule has 5 nitrogen and oxygen atoms in total. The summed E-state index contributed by atoms with van der Waals surface area (Å²) in [6.07, 6.45) is 27.9. The number of allylic oxidation sites excluding steroid dienone is 3. The van der Waals surface area contributed by atoms with Crippen molar-refractivity contribution in [3.05, 3.63) is 23.3 Å². The molecule has 8 aliphatic carbocycles. The van der Waals surface area contributed by atoms with Crippen LogP contribution in [0.3, 0.4) is 0 Å². The summed E-state index contributed by atoms with van der Waals surface area (Å²) in [7, 11) is 0. The number of aliphatic hydroxyl groups is 1. The molecule has 0 bridgehead atoms. The Balaban J connectivity index is 0.000000184. The van der Waals surface area contributed by atoms with Crippen LogP contribution in [0.4, 0.5) is 0 Å². The maximum atomic E-state index is 11.1. The molecular weight excluding hydrogens is 701 g/mol. The quantitative estimate of drug-likeness (QED) is 0.213. The van der Waals surface area contributed by atoms with E-state index in [0.29, 0.717) is 52.3 Å². The van der Waals surface area contributed by atoms with E-state index in [1.54, 1.807) is 11.1 Å². The van der Waals surface area contributed by atoms with Crippen LogP contribution in [0.5, 0.6) is 0 Å². The number of rotatable bonds is 8. The van der Waals surface area contributed by atoms with E-state index in [0.717, 1.165) is 79.4 Å². The Morgan fingerprint density at radius 3 is 1.53 bits per heavy atom. The van der Waals surface area contributed by atoms with Gasteiger partial charge in [-0.1, -0.05) is 71.8 Å². The molecular formula is C49H80O5S. The second-order valence-electron chi connectivity index (χ2n) is 22.0. The van der Waals surface area contributed by atoms with Gasteiger partial charge in [0, 0.05) is 12.8 Å². The van der Waals surface area contributed by atoms with E-state index in [9.17, 15) is 14.7 Å². The second kappa shape index (κ2) is 16.4. The Hall–Kier alpha value is -1.27. The molecule has 3 N–H and O–H groups in total. The highest BCUT2D eigenvalue weighted by molar-refractivity contribution is 7.59. The third-order valence-corrected chi connectivity index (χ3v) is 19.6. The van der Waals surface area contributed by atoms with Gasteiger partial charge in [0.25, 0.3) is 0 Å². The Labute approximate surface area is 342 Å². The van der Waals surface area contributed by atoms with Crippen LogP contribution in [0.2, 0.25) is 0 Å². The first-order valence-corrected chi connectivity index (χ1v) is 23.0. The summed E-state index contributed by atoms with van der Waals surface area (Å²) < 4.78 is 0. The minimum Gasteiger partial charge on any atom is -0.481 e. The molecule has 6 heteroatoms. The normalized spacial score (nSPS) is 46.5. The molecule has 0 radical (unpaired) electrons. The summed E-state index contributed by atoms with van der Waals surface area (Å²) in [4.78, 5) is 22.1. The van der Waals surface area contributed by atoms with E-state index in [2.05, 4.69) is 60.6 Å². The van der Waals surface area contributed by atoms with Gasteiger partial charge in [-0.3, -0.25) is 9.59 Å². The Bertz CT molecular complexity index is 1360. The summed E-state index contributed by atoms with van der Waals surface area (Å²) >= 11 is 0. The van der Waals surface area contributed by atoms with Gasteiger partial charge in [-0.25, -0.2) is 0 Å². The van der Waals surface area contributed by atoms with Gasteiger partial charge in [-0.05, 0) is 202 Å². The lowest BCUT2D eigenvalue weighted by atomic mass is 9.46. The predicted molar refractivity (Wildman–Crippen MR) is 228 cm³/mol. The van der Waals surface area contributed by atoms with Crippen LogP contribution < -0.4 is 0 Å². The van der Waals surface area contributed by atoms with Crippen LogP contribution in [0.15, 0.2) is 23.3 Å². The summed E-state index contributed by atoms with van der Waals surface area (Å²) in [6, 6.07) is 0. The highest BCUT2D eigenvalue weighted by atomic mass is 32.1. The number of hydrogen-bond donors (Lipinski definition) is 3. The minimum absolute atomic E-state index is 0. The molecule has 0 aromatic carbocycles. The predicted octanol–water partition coefficient (Wildman–Crippen LogP) is 12.2. The van der Waals surface area contributed by atoms with Crippen LogP contribution in [-0.2, 0) is 9.59 Å². The van der Waals surface area contributed by atoms with Crippen molar-refractivity contribution in [3.63, 3.8) is 0 Å². The number of carboxylic acid groups (broad SMARTS) is 2. The smallest absolute Gasteiger partial charge is 0.303 e. The third kappa shape index (κ3) is 7.70. The third-order valence-electron chi connectivity index (χ3n) is 19.6. The average molecular weight is 781 g/mol. The molecule has 0 aromatic rings. The number of hydrogen-bond acceptors (Lipinski definition) is 3. The van der Waals surface area contributed by atoms with Gasteiger partial charge in [0.15, 0.2) is 0 Å². The zero-order chi connectivity index (χ0) is 38.8. The van der Waals surface area contributed by atoms with Crippen molar-refractivity contribution < 1.29 is 24.9 Å². The first-order valence-electron chi connectivity index (χ1n) is 23.0. The van der Waals surface area contributed by atoms with Gasteiger partial charge < -0.3 is 15.3 Å². The van der Waals surface area contributed by atoms with Crippen molar-refractivity contribution in [2.75, 3.05) is 0 Å². The fourth-order valence-electron chi connectivity index (χ4n) is 16.5. The fourth-order valence-corrected chi connectivity index (χ4v) is 16.5. The lowest BCUT2D eigenvalue weighted by Gasteiger charge is -2.58. The van der Waals surface area contributed by atoms with E-state index in [1.165, 1.54) is 83.5 Å². The highest BCUT2D eigenvalue weighted by Gasteiger charge is 2.60. The summed E-state index contributed by atoms with van der Waals surface area (Å²) in [5, 5.41) is 28.3. The summed E-state index contributed by atoms with van der Waals surface area (Å²) in [5.74, 6) is 7.10. The molecule has 0 amide bonds. The Morgan fingerprint density at radius 1 is 0.636 bits per heavy atom. The molecule has 8 rings (SSSR count). The van der Waals surface area contributed by atoms with Crippen molar-refractivity contribution in [1.29, 1.82) is 0 Å². The van der Waals surface area contributed by atoms with E-state index in [1.807, 2.05) is 0 Å². The van der Waals surface area contributed by atoms with Crippen LogP contribution in [-0.4, -0.2) is 33.4 Å². The van der Waals surface area contributed by atoms with E-state index < -0.39 is 11.9 Å². The van der Waals surface area contributed by atoms with E-state index in [-0.39, 0.29) is 19.6 Å². The van der Waals surface area contributed by atoms with Gasteiger partial charge in [0.1, 0.15) is 0 Å². The molecule has 312 valence electrons. The molecule has 8 aliphatic rings. The van der Waals surface area contributed by atoms with Crippen molar-refractivity contribution in [2.24, 2.45) is 86.8 Å². The monoisotopic (exact) mass is 781 g/mol. The number of carboxylic acids is 2. The molecule has 16 atom stereocenters. The molecule has 0 spiro atoms. The maximum Gasteiger partial charge on any atom is 0.303 e. The molecule has 6 saturated carbocycles. The largest absolute Gasteiger partial charge is 0.481 e. The summed E-state index contributed by atoms with van der Waals surface area (Å²) in [6.45, 7) is 17.3. The lowest BCUT2D eigenvalue weighted by molar-refractivity contribution is -0.138. The topological polar surface area (TPSA) is 94.8 Å². The minimum atomic E-state index is -0.650. The number of aliphatic hydroxyl groups excluding tert-OH is 1. The van der Waals surface area contributed by atoms with Crippen molar-refractivity contribution in [2.45, 2.75) is 183 Å². The van der Waals surface area contributed by atoms with Crippen molar-refractivity contribution in [1.82, 2.24) is 0 Å². The molecule has 0 heterocycles. The number of carbonyl (C=O) groups is 2. The maximum absolute atomic E-state index is 11.1. The Morgan fingerprint density at radius 2 is 1.07 bits per heavy atom. The van der Waals surface area contributed by atoms with E-state index in [4.69, 9.17) is 10.2 Å². The molecule has 0 unspecified atom stereocenters. The number of aliphatic carboxylic acids is 2. The Kier molecular flexibility index (Phi) is 12.9. The van der Waals surface area contributed by atoms with Crippen LogP contribution in [0.1, 0.15) is 177 Å². The molecule has 55 heavy (non-hydrogen) atoms. The second-order valence-corrected chi connectivity index (χ2v) is 22.0. The SMILES string of the molecule is C[C@H](CCC(=O)O)[C@H]1CC[C@H]2[C@@H]3CC=C4C[C@@H](O)CC[C@]4(C)[C@H]3CC[C@]12C.C[C@H]1CC[C@@]2(C)C(=CC[C@H]3[C@@H]4CC[C@H]([C@H](C)CCC(=O)O)[C@@]4(C)CC[C@@H]32)C1.S. The zero-order valence-corrected chi connectivity index (χ0v) is 36.9. The molecule has 0 aromatic heterocycles. The van der Waals surface area contributed by atoms with E-state index >= 15 is 0 Å². The van der Waals surface area contributed by atoms with Gasteiger partial charge in [0.2, 0.25) is 0 Å². The molecule has 0 aliphatic heterocycles. The first-order chi connectivity index (χ1) is 25.5. The standard InChI is InChI=1S/C25H40O2.C24H38O3.H2S/c1-16-11-13-24(3)18(15-16)6-7-19-21-9-8-20(17(2)5-10-23(26)27)25(21,4)14-12-22(19)24;1-15(4-9-22(26)27)19-7-8-20-18-6-5-16-14-17(25)10-12-23(16,2)21(18)11-13-24(19,20)3;/h6,16-17,19-22H,5,7-15H2,1-4H3,(H,26,27);5,15,17-21,25H,4,6-14H2,1-3H3,(H,26,27);1H2/t16-,17+,19-,20+,21-,22-,24-,25+;15-,17+,18+,19-,20+,21+,23+,24-;/m01./s1. The summed E-state index contributed by atoms with van der Waals surface area (Å²) in [5.41, 5.74) is 4.99. The average Bonchev–Trinajstić information content (AvgIpc) is 3.67. The first kappa shape index (κ1) is 43.3. The van der Waals surface area contributed by atoms with Crippen molar-refractivity contribution in [3.8, 4) is 0 Å². The number of fused-ring (bicyclic) bond motifs is 10. The zero-order valence-electron chi connectivity index (χ0n) is 35.9. The van der Waals surface area contributed by atoms with Crippen LogP contribution in [0, 0.1) is 86.8 Å². The van der Waals surface area contributed by atoms with Gasteiger partial charge in [-0.15, -0.1) is 0 Å².